The Labute approximate surface area is 84.7 Å². The molecule has 14 heavy (non-hydrogen) atoms. The van der Waals surface area contributed by atoms with Crippen molar-refractivity contribution in [2.45, 2.75) is 26.7 Å². The highest BCUT2D eigenvalue weighted by molar-refractivity contribution is 5.33. The van der Waals surface area contributed by atoms with Crippen LogP contribution in [0.15, 0.2) is 12.3 Å². The van der Waals surface area contributed by atoms with Gasteiger partial charge in [0.2, 0.25) is 0 Å². The number of aryl methyl sites for hydroxylation is 1. The van der Waals surface area contributed by atoms with Gasteiger partial charge in [-0.05, 0) is 32.8 Å². The molecule has 1 rings (SSSR count). The normalized spacial score (nSPS) is 10.2. The number of aliphatic hydroxyl groups is 1. The number of hydrogen-bond donors (Lipinski definition) is 1. The molecule has 0 atom stereocenters. The molecule has 0 saturated heterocycles. The summed E-state index contributed by atoms with van der Waals surface area (Å²) in [4.78, 5) is 4.16. The van der Waals surface area contributed by atoms with Crippen LogP contribution in [0.1, 0.15) is 24.1 Å². The molecule has 1 N–H and O–H groups in total. The van der Waals surface area contributed by atoms with E-state index < -0.39 is 0 Å². The van der Waals surface area contributed by atoms with E-state index in [2.05, 4.69) is 4.98 Å². The highest BCUT2D eigenvalue weighted by Crippen LogP contribution is 2.18. The summed E-state index contributed by atoms with van der Waals surface area (Å²) in [6.45, 7) is 4.86. The molecular formula is C11H17NO2. The van der Waals surface area contributed by atoms with E-state index >= 15 is 0 Å². The smallest absolute Gasteiger partial charge is 0.125 e. The molecule has 0 fully saturated rings. The average molecular weight is 195 g/mol. The molecule has 0 bridgehead atoms. The molecule has 1 aromatic rings. The van der Waals surface area contributed by atoms with E-state index in [1.807, 2.05) is 19.9 Å². The van der Waals surface area contributed by atoms with Crippen LogP contribution in [0.25, 0.3) is 0 Å². The number of pyridine rings is 1. The van der Waals surface area contributed by atoms with Crippen LogP contribution in [0.5, 0.6) is 5.75 Å². The number of aliphatic hydroxyl groups excluding tert-OH is 1. The van der Waals surface area contributed by atoms with E-state index in [0.717, 1.165) is 29.8 Å². The summed E-state index contributed by atoms with van der Waals surface area (Å²) in [6, 6.07) is 1.88. The van der Waals surface area contributed by atoms with Gasteiger partial charge in [-0.15, -0.1) is 0 Å². The number of unbranched alkanes of at least 4 members (excludes halogenated alkanes) is 1. The van der Waals surface area contributed by atoms with Gasteiger partial charge in [0.15, 0.2) is 0 Å². The highest BCUT2D eigenvalue weighted by atomic mass is 16.5. The zero-order valence-electron chi connectivity index (χ0n) is 8.79. The first kappa shape index (κ1) is 11.0. The summed E-state index contributed by atoms with van der Waals surface area (Å²) in [6.07, 6.45) is 3.43. The van der Waals surface area contributed by atoms with E-state index in [0.29, 0.717) is 6.61 Å². The van der Waals surface area contributed by atoms with Crippen LogP contribution in [0.4, 0.5) is 0 Å². The van der Waals surface area contributed by atoms with E-state index in [4.69, 9.17) is 9.84 Å². The second kappa shape index (κ2) is 5.60. The lowest BCUT2D eigenvalue weighted by atomic mass is 10.2. The topological polar surface area (TPSA) is 42.4 Å². The van der Waals surface area contributed by atoms with Gasteiger partial charge in [0.1, 0.15) is 5.75 Å². The molecule has 1 heterocycles. The van der Waals surface area contributed by atoms with Crippen molar-refractivity contribution >= 4 is 0 Å². The van der Waals surface area contributed by atoms with Gasteiger partial charge in [0.05, 0.1) is 6.61 Å². The van der Waals surface area contributed by atoms with Gasteiger partial charge in [-0.25, -0.2) is 0 Å². The van der Waals surface area contributed by atoms with Gasteiger partial charge in [0.25, 0.3) is 0 Å². The fourth-order valence-corrected chi connectivity index (χ4v) is 1.17. The van der Waals surface area contributed by atoms with Crippen molar-refractivity contribution in [2.75, 3.05) is 13.2 Å². The van der Waals surface area contributed by atoms with Crippen molar-refractivity contribution in [3.63, 3.8) is 0 Å². The van der Waals surface area contributed by atoms with Gasteiger partial charge in [-0.1, -0.05) is 0 Å². The third-order valence-corrected chi connectivity index (χ3v) is 2.22. The lowest BCUT2D eigenvalue weighted by Gasteiger charge is -2.09. The monoisotopic (exact) mass is 195 g/mol. The van der Waals surface area contributed by atoms with Crippen LogP contribution < -0.4 is 4.74 Å². The molecular weight excluding hydrogens is 178 g/mol. The van der Waals surface area contributed by atoms with Crippen LogP contribution in [0.2, 0.25) is 0 Å². The molecule has 78 valence electrons. The summed E-state index contributed by atoms with van der Waals surface area (Å²) in [5, 5.41) is 8.60. The largest absolute Gasteiger partial charge is 0.493 e. The van der Waals surface area contributed by atoms with E-state index in [1.54, 1.807) is 6.20 Å². The van der Waals surface area contributed by atoms with Gasteiger partial charge in [-0.3, -0.25) is 4.98 Å². The van der Waals surface area contributed by atoms with Crippen LogP contribution in [0.3, 0.4) is 0 Å². The maximum atomic E-state index is 8.60. The molecule has 0 radical (unpaired) electrons. The Morgan fingerprint density at radius 3 is 2.86 bits per heavy atom. The Morgan fingerprint density at radius 1 is 1.36 bits per heavy atom. The molecule has 0 aliphatic carbocycles. The van der Waals surface area contributed by atoms with Crippen LogP contribution >= 0.6 is 0 Å². The zero-order valence-corrected chi connectivity index (χ0v) is 8.79. The van der Waals surface area contributed by atoms with Crippen LogP contribution in [-0.2, 0) is 0 Å². The predicted molar refractivity (Wildman–Crippen MR) is 55.5 cm³/mol. The average Bonchev–Trinajstić information content (AvgIpc) is 2.19. The minimum absolute atomic E-state index is 0.234. The molecule has 1 aromatic heterocycles. The standard InChI is InChI=1S/C11H17NO2/c1-9-10(2)12-6-5-11(9)14-8-4-3-7-13/h5-6,13H,3-4,7-8H2,1-2H3. The second-order valence-corrected chi connectivity index (χ2v) is 3.30. The Kier molecular flexibility index (Phi) is 4.40. The van der Waals surface area contributed by atoms with Crippen molar-refractivity contribution in [1.29, 1.82) is 0 Å². The first-order valence-electron chi connectivity index (χ1n) is 4.91. The van der Waals surface area contributed by atoms with Crippen molar-refractivity contribution in [3.05, 3.63) is 23.5 Å². The summed E-state index contributed by atoms with van der Waals surface area (Å²) >= 11 is 0. The summed E-state index contributed by atoms with van der Waals surface area (Å²) in [5.74, 6) is 0.899. The lowest BCUT2D eigenvalue weighted by molar-refractivity contribution is 0.252. The Hall–Kier alpha value is -1.09. The third-order valence-electron chi connectivity index (χ3n) is 2.22. The predicted octanol–water partition coefficient (Wildman–Crippen LogP) is 1.85. The zero-order chi connectivity index (χ0) is 10.4. The molecule has 0 aliphatic heterocycles. The Morgan fingerprint density at radius 2 is 2.14 bits per heavy atom. The third kappa shape index (κ3) is 3.00. The molecule has 0 aliphatic rings. The maximum absolute atomic E-state index is 8.60. The van der Waals surface area contributed by atoms with Crippen molar-refractivity contribution in [3.8, 4) is 5.75 Å². The van der Waals surface area contributed by atoms with Crippen molar-refractivity contribution in [2.24, 2.45) is 0 Å². The number of aromatic nitrogens is 1. The summed E-state index contributed by atoms with van der Waals surface area (Å²) < 4.78 is 5.57. The van der Waals surface area contributed by atoms with Gasteiger partial charge in [-0.2, -0.15) is 0 Å². The molecule has 0 aromatic carbocycles. The SMILES string of the molecule is Cc1nccc(OCCCCO)c1C. The van der Waals surface area contributed by atoms with Gasteiger partial charge in [0, 0.05) is 24.1 Å². The molecule has 3 nitrogen and oxygen atoms in total. The number of nitrogens with zero attached hydrogens (tertiary/aromatic N) is 1. The van der Waals surface area contributed by atoms with E-state index in [9.17, 15) is 0 Å². The second-order valence-electron chi connectivity index (χ2n) is 3.30. The van der Waals surface area contributed by atoms with E-state index in [-0.39, 0.29) is 6.61 Å². The number of ether oxygens (including phenoxy) is 1. The first-order chi connectivity index (χ1) is 6.75. The maximum Gasteiger partial charge on any atom is 0.125 e. The lowest BCUT2D eigenvalue weighted by Crippen LogP contribution is -2.01. The Balaban J connectivity index is 2.46. The fraction of sp³-hybridized carbons (Fsp3) is 0.545. The number of hydrogen-bond acceptors (Lipinski definition) is 3. The van der Waals surface area contributed by atoms with Crippen LogP contribution in [0, 0.1) is 13.8 Å². The first-order valence-corrected chi connectivity index (χ1v) is 4.91. The Bertz CT molecular complexity index is 287. The van der Waals surface area contributed by atoms with Crippen LogP contribution in [-0.4, -0.2) is 23.3 Å². The molecule has 0 spiro atoms. The molecule has 0 unspecified atom stereocenters. The van der Waals surface area contributed by atoms with Gasteiger partial charge < -0.3 is 9.84 Å². The molecule has 0 amide bonds. The van der Waals surface area contributed by atoms with Crippen molar-refractivity contribution < 1.29 is 9.84 Å². The molecule has 3 heteroatoms. The van der Waals surface area contributed by atoms with Crippen molar-refractivity contribution in [1.82, 2.24) is 4.98 Å². The summed E-state index contributed by atoms with van der Waals surface area (Å²) in [7, 11) is 0. The van der Waals surface area contributed by atoms with Gasteiger partial charge >= 0.3 is 0 Å². The summed E-state index contributed by atoms with van der Waals surface area (Å²) in [5.41, 5.74) is 2.10. The fourth-order valence-electron chi connectivity index (χ4n) is 1.17. The van der Waals surface area contributed by atoms with E-state index in [1.165, 1.54) is 0 Å². The minimum atomic E-state index is 0.234. The molecule has 0 saturated carbocycles. The quantitative estimate of drug-likeness (QED) is 0.729. The minimum Gasteiger partial charge on any atom is -0.493 e. The number of rotatable bonds is 5. The highest BCUT2D eigenvalue weighted by Gasteiger charge is 2.01.